The van der Waals surface area contributed by atoms with Gasteiger partial charge in [-0.1, -0.05) is 43.3 Å². The van der Waals surface area contributed by atoms with E-state index in [-0.39, 0.29) is 30.1 Å². The average molecular weight is 512 g/mol. The van der Waals surface area contributed by atoms with Crippen LogP contribution >= 0.6 is 24.0 Å². The van der Waals surface area contributed by atoms with Gasteiger partial charge in [-0.2, -0.15) is 0 Å². The number of ether oxygens (including phenoxy) is 1. The molecule has 0 radical (unpaired) electrons. The third-order valence-corrected chi connectivity index (χ3v) is 5.51. The molecular formula is C22H33IN4O2. The number of benzene rings is 1. The predicted octanol–water partition coefficient (Wildman–Crippen LogP) is 4.65. The molecule has 7 heteroatoms. The average Bonchev–Trinajstić information content (AvgIpc) is 3.19. The maximum Gasteiger partial charge on any atom is 0.194 e. The summed E-state index contributed by atoms with van der Waals surface area (Å²) >= 11 is 0. The van der Waals surface area contributed by atoms with E-state index in [0.717, 1.165) is 43.3 Å². The van der Waals surface area contributed by atoms with E-state index >= 15 is 0 Å². The minimum Gasteiger partial charge on any atom is -0.370 e. The molecule has 1 unspecified atom stereocenters. The SMILES string of the molecule is CCC(CC)c1cc(CNC(=NC)N2CCOC(c3ccccc3C)C2)on1.I. The topological polar surface area (TPSA) is 62.9 Å². The molecule has 1 aromatic carbocycles. The van der Waals surface area contributed by atoms with E-state index < -0.39 is 0 Å². The Morgan fingerprint density at radius 1 is 1.31 bits per heavy atom. The van der Waals surface area contributed by atoms with Crippen LogP contribution in [0.3, 0.4) is 0 Å². The molecule has 160 valence electrons. The molecule has 3 rings (SSSR count). The summed E-state index contributed by atoms with van der Waals surface area (Å²) in [5, 5.41) is 7.66. The smallest absolute Gasteiger partial charge is 0.194 e. The van der Waals surface area contributed by atoms with Crippen molar-refractivity contribution < 1.29 is 9.26 Å². The summed E-state index contributed by atoms with van der Waals surface area (Å²) in [7, 11) is 1.82. The molecule has 1 aliphatic heterocycles. The Hall–Kier alpha value is -1.61. The molecule has 6 nitrogen and oxygen atoms in total. The lowest BCUT2D eigenvalue weighted by Gasteiger charge is -2.35. The van der Waals surface area contributed by atoms with Gasteiger partial charge in [-0.05, 0) is 30.9 Å². The van der Waals surface area contributed by atoms with Gasteiger partial charge in [-0.15, -0.1) is 24.0 Å². The zero-order valence-corrected chi connectivity index (χ0v) is 20.2. The first-order valence-corrected chi connectivity index (χ1v) is 10.2. The molecule has 0 bridgehead atoms. The molecule has 1 fully saturated rings. The highest BCUT2D eigenvalue weighted by molar-refractivity contribution is 14.0. The lowest BCUT2D eigenvalue weighted by atomic mass is 9.99. The van der Waals surface area contributed by atoms with Crippen molar-refractivity contribution >= 4 is 29.9 Å². The fourth-order valence-corrected chi connectivity index (χ4v) is 3.79. The monoisotopic (exact) mass is 512 g/mol. The van der Waals surface area contributed by atoms with Crippen LogP contribution < -0.4 is 5.32 Å². The van der Waals surface area contributed by atoms with Gasteiger partial charge in [0.1, 0.15) is 6.10 Å². The molecule has 0 spiro atoms. The van der Waals surface area contributed by atoms with Crippen molar-refractivity contribution in [2.75, 3.05) is 26.7 Å². The second-order valence-electron chi connectivity index (χ2n) is 7.29. The molecular weight excluding hydrogens is 479 g/mol. The minimum absolute atomic E-state index is 0. The number of morpholine rings is 1. The maximum absolute atomic E-state index is 6.03. The normalized spacial score (nSPS) is 17.3. The van der Waals surface area contributed by atoms with Crippen molar-refractivity contribution in [2.45, 2.75) is 52.2 Å². The number of nitrogens with zero attached hydrogens (tertiary/aromatic N) is 3. The highest BCUT2D eigenvalue weighted by Crippen LogP contribution is 2.25. The van der Waals surface area contributed by atoms with Gasteiger partial charge in [0.15, 0.2) is 11.7 Å². The van der Waals surface area contributed by atoms with Crippen LogP contribution in [0.2, 0.25) is 0 Å². The van der Waals surface area contributed by atoms with E-state index in [2.05, 4.69) is 71.5 Å². The summed E-state index contributed by atoms with van der Waals surface area (Å²) in [6, 6.07) is 10.5. The van der Waals surface area contributed by atoms with Gasteiger partial charge < -0.3 is 19.5 Å². The number of rotatable bonds is 6. The summed E-state index contributed by atoms with van der Waals surface area (Å²) in [5.74, 6) is 2.17. The van der Waals surface area contributed by atoms with Crippen LogP contribution in [0.25, 0.3) is 0 Å². The minimum atomic E-state index is 0. The Bertz CT molecular complexity index is 789. The number of hydrogen-bond donors (Lipinski definition) is 1. The third kappa shape index (κ3) is 5.94. The Morgan fingerprint density at radius 3 is 2.76 bits per heavy atom. The number of aryl methyl sites for hydroxylation is 1. The van der Waals surface area contributed by atoms with Gasteiger partial charge in [-0.3, -0.25) is 4.99 Å². The standard InChI is InChI=1S/C22H32N4O2.HI/c1-5-17(6-2)20-13-18(28-25-20)14-24-22(23-4)26-11-12-27-21(15-26)19-10-8-7-9-16(19)3;/h7-10,13,17,21H,5-6,11-12,14-15H2,1-4H3,(H,23,24);1H. The third-order valence-electron chi connectivity index (χ3n) is 5.51. The summed E-state index contributed by atoms with van der Waals surface area (Å²) in [6.07, 6.45) is 2.21. The van der Waals surface area contributed by atoms with E-state index in [4.69, 9.17) is 9.26 Å². The first-order valence-electron chi connectivity index (χ1n) is 10.2. The van der Waals surface area contributed by atoms with Crippen LogP contribution in [-0.2, 0) is 11.3 Å². The highest BCUT2D eigenvalue weighted by atomic mass is 127. The van der Waals surface area contributed by atoms with Gasteiger partial charge in [0.25, 0.3) is 0 Å². The fraction of sp³-hybridized carbons (Fsp3) is 0.545. The van der Waals surface area contributed by atoms with Gasteiger partial charge in [0.05, 0.1) is 25.4 Å². The molecule has 0 saturated carbocycles. The number of nitrogens with one attached hydrogen (secondary N) is 1. The maximum atomic E-state index is 6.03. The Morgan fingerprint density at radius 2 is 2.07 bits per heavy atom. The molecule has 0 aliphatic carbocycles. The van der Waals surface area contributed by atoms with E-state index in [1.165, 1.54) is 11.1 Å². The van der Waals surface area contributed by atoms with Crippen LogP contribution in [0.4, 0.5) is 0 Å². The zero-order chi connectivity index (χ0) is 19.9. The molecule has 2 heterocycles. The summed E-state index contributed by atoms with van der Waals surface area (Å²) in [4.78, 5) is 6.71. The van der Waals surface area contributed by atoms with E-state index in [1.807, 2.05) is 7.05 Å². The van der Waals surface area contributed by atoms with Gasteiger partial charge >= 0.3 is 0 Å². The van der Waals surface area contributed by atoms with E-state index in [9.17, 15) is 0 Å². The summed E-state index contributed by atoms with van der Waals surface area (Å²) in [6.45, 7) is 9.36. The van der Waals surface area contributed by atoms with Crippen molar-refractivity contribution in [3.63, 3.8) is 0 Å². The Labute approximate surface area is 191 Å². The molecule has 1 saturated heterocycles. The van der Waals surface area contributed by atoms with Crippen molar-refractivity contribution in [2.24, 2.45) is 4.99 Å². The molecule has 1 aliphatic rings. The fourth-order valence-electron chi connectivity index (χ4n) is 3.79. The summed E-state index contributed by atoms with van der Waals surface area (Å²) in [5.41, 5.74) is 3.54. The highest BCUT2D eigenvalue weighted by Gasteiger charge is 2.25. The largest absolute Gasteiger partial charge is 0.370 e. The number of aromatic nitrogens is 1. The lowest BCUT2D eigenvalue weighted by Crippen LogP contribution is -2.48. The van der Waals surface area contributed by atoms with E-state index in [0.29, 0.717) is 19.1 Å². The quantitative estimate of drug-likeness (QED) is 0.347. The van der Waals surface area contributed by atoms with Crippen molar-refractivity contribution in [3.8, 4) is 0 Å². The number of halogens is 1. The van der Waals surface area contributed by atoms with Gasteiger partial charge in [0.2, 0.25) is 0 Å². The summed E-state index contributed by atoms with van der Waals surface area (Å²) < 4.78 is 11.6. The second-order valence-corrected chi connectivity index (χ2v) is 7.29. The number of hydrogen-bond acceptors (Lipinski definition) is 4. The van der Waals surface area contributed by atoms with Crippen molar-refractivity contribution in [1.29, 1.82) is 0 Å². The van der Waals surface area contributed by atoms with E-state index in [1.54, 1.807) is 0 Å². The van der Waals surface area contributed by atoms with Crippen molar-refractivity contribution in [3.05, 3.63) is 52.9 Å². The zero-order valence-electron chi connectivity index (χ0n) is 17.9. The molecule has 29 heavy (non-hydrogen) atoms. The van der Waals surface area contributed by atoms with Gasteiger partial charge in [0, 0.05) is 25.6 Å². The molecule has 2 aromatic rings. The number of guanidine groups is 1. The second kappa shape index (κ2) is 11.5. The van der Waals surface area contributed by atoms with Crippen LogP contribution in [0, 0.1) is 6.92 Å². The lowest BCUT2D eigenvalue weighted by molar-refractivity contribution is -0.00837. The first kappa shape index (κ1) is 23.7. The predicted molar refractivity (Wildman–Crippen MR) is 127 cm³/mol. The molecule has 1 aromatic heterocycles. The van der Waals surface area contributed by atoms with Crippen LogP contribution in [0.5, 0.6) is 0 Å². The van der Waals surface area contributed by atoms with Gasteiger partial charge in [-0.25, -0.2) is 0 Å². The van der Waals surface area contributed by atoms with Crippen LogP contribution in [0.15, 0.2) is 39.8 Å². The van der Waals surface area contributed by atoms with Crippen LogP contribution in [0.1, 0.15) is 61.3 Å². The Kier molecular flexibility index (Phi) is 9.42. The molecule has 1 atom stereocenters. The Balaban J connectivity index is 0.00000300. The van der Waals surface area contributed by atoms with Crippen molar-refractivity contribution in [1.82, 2.24) is 15.4 Å². The van der Waals surface area contributed by atoms with Crippen LogP contribution in [-0.4, -0.2) is 42.8 Å². The molecule has 1 N–H and O–H groups in total. The molecule has 0 amide bonds. The number of aliphatic imine (C=N–C) groups is 1. The first-order chi connectivity index (χ1) is 13.7.